The molecular formula is C23H37ClN6O. The molecular weight excluding hydrogens is 412 g/mol. The quantitative estimate of drug-likeness (QED) is 0.355. The molecule has 7 nitrogen and oxygen atoms in total. The lowest BCUT2D eigenvalue weighted by atomic mass is 9.92. The van der Waals surface area contributed by atoms with Crippen LogP contribution in [0.25, 0.3) is 11.2 Å². The van der Waals surface area contributed by atoms with Crippen LogP contribution in [0, 0.1) is 5.92 Å². The van der Waals surface area contributed by atoms with E-state index < -0.39 is 0 Å². The second-order valence-corrected chi connectivity index (χ2v) is 9.45. The predicted octanol–water partition coefficient (Wildman–Crippen LogP) is 5.62. The van der Waals surface area contributed by atoms with Crippen LogP contribution in [-0.4, -0.2) is 50.8 Å². The van der Waals surface area contributed by atoms with Crippen molar-refractivity contribution in [2.75, 3.05) is 31.7 Å². The zero-order valence-electron chi connectivity index (χ0n) is 18.9. The molecule has 0 unspecified atom stereocenters. The van der Waals surface area contributed by atoms with Crippen LogP contribution in [0.1, 0.15) is 83.6 Å². The summed E-state index contributed by atoms with van der Waals surface area (Å²) in [7, 11) is 0. The number of ether oxygens (including phenoxy) is 1. The van der Waals surface area contributed by atoms with E-state index in [2.05, 4.69) is 36.9 Å². The van der Waals surface area contributed by atoms with Crippen molar-refractivity contribution in [2.45, 2.75) is 83.6 Å². The molecule has 1 saturated heterocycles. The molecule has 0 atom stereocenters. The van der Waals surface area contributed by atoms with E-state index in [1.807, 2.05) is 6.33 Å². The Morgan fingerprint density at radius 1 is 1.06 bits per heavy atom. The summed E-state index contributed by atoms with van der Waals surface area (Å²) in [6, 6.07) is 0.483. The molecule has 1 aliphatic carbocycles. The number of nitrogens with one attached hydrogen (secondary N) is 1. The van der Waals surface area contributed by atoms with E-state index in [9.17, 15) is 0 Å². The molecule has 0 spiro atoms. The van der Waals surface area contributed by atoms with E-state index >= 15 is 0 Å². The monoisotopic (exact) mass is 448 g/mol. The van der Waals surface area contributed by atoms with Gasteiger partial charge in [0.05, 0.1) is 6.33 Å². The maximum atomic E-state index is 6.28. The van der Waals surface area contributed by atoms with Gasteiger partial charge in [-0.05, 0) is 56.0 Å². The molecule has 0 aromatic carbocycles. The maximum Gasteiger partial charge on any atom is 0.226 e. The number of hydrogen-bond acceptors (Lipinski definition) is 6. The smallest absolute Gasteiger partial charge is 0.226 e. The van der Waals surface area contributed by atoms with Crippen molar-refractivity contribution in [3.63, 3.8) is 0 Å². The van der Waals surface area contributed by atoms with Gasteiger partial charge in [0.25, 0.3) is 0 Å². The molecule has 0 amide bonds. The molecule has 0 bridgehead atoms. The largest absolute Gasteiger partial charge is 0.381 e. The molecule has 1 aliphatic heterocycles. The number of rotatable bonds is 11. The molecule has 3 heterocycles. The second-order valence-electron chi connectivity index (χ2n) is 9.11. The van der Waals surface area contributed by atoms with E-state index in [1.165, 1.54) is 70.6 Å². The van der Waals surface area contributed by atoms with Gasteiger partial charge < -0.3 is 14.7 Å². The summed E-state index contributed by atoms with van der Waals surface area (Å²) in [5.41, 5.74) is 5.16. The van der Waals surface area contributed by atoms with Crippen molar-refractivity contribution >= 4 is 28.6 Å². The molecule has 2 aromatic rings. The molecule has 2 fully saturated rings. The van der Waals surface area contributed by atoms with Crippen LogP contribution in [-0.2, 0) is 4.74 Å². The Morgan fingerprint density at radius 3 is 2.61 bits per heavy atom. The molecule has 2 aliphatic rings. The van der Waals surface area contributed by atoms with Crippen LogP contribution in [0.3, 0.4) is 0 Å². The topological polar surface area (TPSA) is 68.1 Å². The summed E-state index contributed by atoms with van der Waals surface area (Å²) in [6.07, 6.45) is 15.4. The molecule has 8 heteroatoms. The Kier molecular flexibility index (Phi) is 8.39. The Morgan fingerprint density at radius 2 is 1.84 bits per heavy atom. The van der Waals surface area contributed by atoms with E-state index in [0.29, 0.717) is 6.04 Å². The van der Waals surface area contributed by atoms with Gasteiger partial charge in [-0.25, -0.2) is 9.99 Å². The van der Waals surface area contributed by atoms with Crippen molar-refractivity contribution in [3.05, 3.63) is 11.6 Å². The first-order chi connectivity index (χ1) is 15.2. The molecule has 172 valence electrons. The van der Waals surface area contributed by atoms with Crippen molar-refractivity contribution < 1.29 is 4.74 Å². The molecule has 31 heavy (non-hydrogen) atoms. The predicted molar refractivity (Wildman–Crippen MR) is 125 cm³/mol. The van der Waals surface area contributed by atoms with Gasteiger partial charge in [0.15, 0.2) is 17.0 Å². The summed E-state index contributed by atoms with van der Waals surface area (Å²) in [6.45, 7) is 6.07. The number of imidazole rings is 1. The van der Waals surface area contributed by atoms with E-state index in [4.69, 9.17) is 16.3 Å². The van der Waals surface area contributed by atoms with Gasteiger partial charge in [0.2, 0.25) is 5.28 Å². The minimum atomic E-state index is 0.283. The SMILES string of the molecule is CCCCOCCCCC1CCN(Nc2nc(Cl)nc3c2ncn3C2CCCC2)CC1. The molecule has 1 N–H and O–H groups in total. The van der Waals surface area contributed by atoms with E-state index in [-0.39, 0.29) is 5.28 Å². The lowest BCUT2D eigenvalue weighted by molar-refractivity contribution is 0.124. The number of unbranched alkanes of at least 4 members (excludes halogenated alkanes) is 2. The fraction of sp³-hybridized carbons (Fsp3) is 0.783. The first kappa shape index (κ1) is 22.7. The Hall–Kier alpha value is -1.44. The second kappa shape index (κ2) is 11.4. The minimum Gasteiger partial charge on any atom is -0.381 e. The summed E-state index contributed by atoms with van der Waals surface area (Å²) in [5, 5.41) is 2.54. The molecule has 4 rings (SSSR count). The van der Waals surface area contributed by atoms with Crippen molar-refractivity contribution in [1.82, 2.24) is 24.5 Å². The third kappa shape index (κ3) is 6.08. The highest BCUT2D eigenvalue weighted by molar-refractivity contribution is 6.28. The normalized spacial score (nSPS) is 18.9. The average Bonchev–Trinajstić information content (AvgIpc) is 3.44. The fourth-order valence-electron chi connectivity index (χ4n) is 4.89. The molecule has 1 saturated carbocycles. The highest BCUT2D eigenvalue weighted by atomic mass is 35.5. The highest BCUT2D eigenvalue weighted by Gasteiger charge is 2.24. The summed E-state index contributed by atoms with van der Waals surface area (Å²) in [5.74, 6) is 1.54. The van der Waals surface area contributed by atoms with Gasteiger partial charge in [0, 0.05) is 32.3 Å². The average molecular weight is 449 g/mol. The lowest BCUT2D eigenvalue weighted by Gasteiger charge is -2.32. The van der Waals surface area contributed by atoms with E-state index in [0.717, 1.165) is 49.2 Å². The number of aromatic nitrogens is 4. The van der Waals surface area contributed by atoms with Gasteiger partial charge in [-0.2, -0.15) is 9.97 Å². The zero-order valence-corrected chi connectivity index (χ0v) is 19.6. The van der Waals surface area contributed by atoms with Crippen molar-refractivity contribution in [1.29, 1.82) is 0 Å². The number of halogens is 1. The number of fused-ring (bicyclic) bond motifs is 1. The third-order valence-electron chi connectivity index (χ3n) is 6.78. The fourth-order valence-corrected chi connectivity index (χ4v) is 5.05. The van der Waals surface area contributed by atoms with Crippen LogP contribution in [0.15, 0.2) is 6.33 Å². The maximum absolute atomic E-state index is 6.28. The van der Waals surface area contributed by atoms with Crippen molar-refractivity contribution in [2.24, 2.45) is 5.92 Å². The molecule has 2 aromatic heterocycles. The van der Waals surface area contributed by atoms with Crippen LogP contribution < -0.4 is 5.43 Å². The number of piperidine rings is 1. The number of nitrogens with zero attached hydrogens (tertiary/aromatic N) is 5. The van der Waals surface area contributed by atoms with Crippen LogP contribution in [0.4, 0.5) is 5.82 Å². The molecule has 0 radical (unpaired) electrons. The standard InChI is InChI=1S/C23H37ClN6O/c1-2-3-15-31-16-7-6-8-18-11-13-29(14-12-18)28-21-20-22(27-23(24)26-21)30(17-25-20)19-9-4-5-10-19/h17-19H,2-16H2,1H3,(H,26,27,28). The highest BCUT2D eigenvalue weighted by Crippen LogP contribution is 2.33. The number of hydrazine groups is 1. The third-order valence-corrected chi connectivity index (χ3v) is 6.95. The van der Waals surface area contributed by atoms with Crippen LogP contribution >= 0.6 is 11.6 Å². The van der Waals surface area contributed by atoms with Crippen LogP contribution in [0.2, 0.25) is 5.28 Å². The van der Waals surface area contributed by atoms with Gasteiger partial charge in [-0.15, -0.1) is 0 Å². The summed E-state index contributed by atoms with van der Waals surface area (Å²) < 4.78 is 7.87. The first-order valence-corrected chi connectivity index (χ1v) is 12.6. The zero-order chi connectivity index (χ0) is 21.5. The van der Waals surface area contributed by atoms with E-state index in [1.54, 1.807) is 0 Å². The number of anilines is 1. The Balaban J connectivity index is 1.26. The Labute approximate surface area is 190 Å². The van der Waals surface area contributed by atoms with Gasteiger partial charge in [-0.3, -0.25) is 0 Å². The van der Waals surface area contributed by atoms with Gasteiger partial charge >= 0.3 is 0 Å². The first-order valence-electron chi connectivity index (χ1n) is 12.2. The minimum absolute atomic E-state index is 0.283. The lowest BCUT2D eigenvalue weighted by Crippen LogP contribution is -2.38. The summed E-state index contributed by atoms with van der Waals surface area (Å²) in [4.78, 5) is 13.6. The van der Waals surface area contributed by atoms with Gasteiger partial charge in [-0.1, -0.05) is 39.0 Å². The van der Waals surface area contributed by atoms with Crippen molar-refractivity contribution in [3.8, 4) is 0 Å². The number of hydrogen-bond donors (Lipinski definition) is 1. The summed E-state index contributed by atoms with van der Waals surface area (Å²) >= 11 is 6.28. The van der Waals surface area contributed by atoms with Crippen LogP contribution in [0.5, 0.6) is 0 Å². The van der Waals surface area contributed by atoms with Gasteiger partial charge in [0.1, 0.15) is 0 Å². The Bertz CT molecular complexity index is 814.